The van der Waals surface area contributed by atoms with Crippen LogP contribution in [0.5, 0.6) is 0 Å². The molecule has 30 heavy (non-hydrogen) atoms. The highest BCUT2D eigenvalue weighted by molar-refractivity contribution is 7.98. The minimum Gasteiger partial charge on any atom is -0.322 e. The number of hydrogen-bond donors (Lipinski definition) is 1. The molecule has 1 amide bonds. The largest absolute Gasteiger partial charge is 0.322 e. The third-order valence-electron chi connectivity index (χ3n) is 4.53. The third kappa shape index (κ3) is 4.58. The van der Waals surface area contributed by atoms with Crippen LogP contribution >= 0.6 is 11.8 Å². The lowest BCUT2D eigenvalue weighted by Gasteiger charge is -2.11. The fourth-order valence-electron chi connectivity index (χ4n) is 3.25. The predicted molar refractivity (Wildman–Crippen MR) is 119 cm³/mol. The van der Waals surface area contributed by atoms with Gasteiger partial charge in [0.15, 0.2) is 5.78 Å². The summed E-state index contributed by atoms with van der Waals surface area (Å²) < 4.78 is 0. The molecule has 3 rings (SSSR count). The quantitative estimate of drug-likeness (QED) is 0.249. The second-order valence-electron chi connectivity index (χ2n) is 6.85. The number of nitro groups is 1. The zero-order chi connectivity index (χ0) is 21.8. The summed E-state index contributed by atoms with van der Waals surface area (Å²) in [5, 5.41) is 14.2. The Labute approximate surface area is 178 Å². The van der Waals surface area contributed by atoms with E-state index in [0.717, 1.165) is 11.1 Å². The Morgan fingerprint density at radius 2 is 1.57 bits per heavy atom. The number of nitro benzene ring substituents is 1. The van der Waals surface area contributed by atoms with Crippen LogP contribution in [0.1, 0.15) is 37.4 Å². The summed E-state index contributed by atoms with van der Waals surface area (Å²) in [7, 11) is 0. The van der Waals surface area contributed by atoms with Gasteiger partial charge < -0.3 is 5.32 Å². The first kappa shape index (κ1) is 21.3. The van der Waals surface area contributed by atoms with Crippen molar-refractivity contribution in [1.29, 1.82) is 0 Å². The molecule has 152 valence electrons. The van der Waals surface area contributed by atoms with E-state index < -0.39 is 16.6 Å². The van der Waals surface area contributed by atoms with Gasteiger partial charge in [0.2, 0.25) is 0 Å². The molecular weight excluding hydrogens is 400 g/mol. The van der Waals surface area contributed by atoms with Crippen LogP contribution in [0.25, 0.3) is 0 Å². The molecule has 0 heterocycles. The number of rotatable bonds is 6. The van der Waals surface area contributed by atoms with Crippen molar-refractivity contribution >= 4 is 34.8 Å². The van der Waals surface area contributed by atoms with E-state index in [4.69, 9.17) is 0 Å². The van der Waals surface area contributed by atoms with Crippen LogP contribution in [0.2, 0.25) is 0 Å². The normalized spacial score (nSPS) is 10.5. The first-order chi connectivity index (χ1) is 14.3. The van der Waals surface area contributed by atoms with Gasteiger partial charge in [-0.2, -0.15) is 0 Å². The van der Waals surface area contributed by atoms with Gasteiger partial charge in [-0.05, 0) is 61.6 Å². The van der Waals surface area contributed by atoms with Crippen molar-refractivity contribution in [3.63, 3.8) is 0 Å². The summed E-state index contributed by atoms with van der Waals surface area (Å²) in [6.07, 6.45) is 1.73. The molecule has 0 spiro atoms. The number of thioether (sulfide) groups is 1. The van der Waals surface area contributed by atoms with Gasteiger partial charge >= 0.3 is 0 Å². The molecule has 1 N–H and O–H groups in total. The molecule has 0 atom stereocenters. The maximum atomic E-state index is 13.1. The lowest BCUT2D eigenvalue weighted by molar-refractivity contribution is -0.387. The van der Waals surface area contributed by atoms with Crippen molar-refractivity contribution in [3.8, 4) is 0 Å². The summed E-state index contributed by atoms with van der Waals surface area (Å²) in [5.41, 5.74) is 3.08. The highest BCUT2D eigenvalue weighted by atomic mass is 32.2. The summed E-state index contributed by atoms with van der Waals surface area (Å²) in [4.78, 5) is 37.3. The maximum absolute atomic E-state index is 13.1. The molecule has 0 fully saturated rings. The van der Waals surface area contributed by atoms with Crippen LogP contribution in [0, 0.1) is 24.0 Å². The number of hydrogen-bond acceptors (Lipinski definition) is 5. The predicted octanol–water partition coefficient (Wildman–Crippen LogP) is 5.42. The van der Waals surface area contributed by atoms with E-state index in [0.29, 0.717) is 10.6 Å². The number of anilines is 1. The molecule has 0 aromatic heterocycles. The summed E-state index contributed by atoms with van der Waals surface area (Å²) in [6.45, 7) is 3.87. The van der Waals surface area contributed by atoms with Crippen molar-refractivity contribution in [1.82, 2.24) is 0 Å². The van der Waals surface area contributed by atoms with Crippen molar-refractivity contribution in [2.75, 3.05) is 11.6 Å². The SMILES string of the molecule is CSc1ccc(C(=O)c2ccccc2C(=O)Nc2cc(C)cc(C)c2)cc1[N+](=O)[O-]. The Balaban J connectivity index is 1.96. The second-order valence-corrected chi connectivity index (χ2v) is 7.70. The maximum Gasteiger partial charge on any atom is 0.283 e. The zero-order valence-electron chi connectivity index (χ0n) is 16.8. The molecule has 0 saturated heterocycles. The summed E-state index contributed by atoms with van der Waals surface area (Å²) in [5.74, 6) is -0.865. The fraction of sp³-hybridized carbons (Fsp3) is 0.130. The summed E-state index contributed by atoms with van der Waals surface area (Å²) in [6, 6.07) is 16.5. The highest BCUT2D eigenvalue weighted by Gasteiger charge is 2.22. The van der Waals surface area contributed by atoms with Crippen molar-refractivity contribution < 1.29 is 14.5 Å². The van der Waals surface area contributed by atoms with Crippen LogP contribution < -0.4 is 5.32 Å². The van der Waals surface area contributed by atoms with Gasteiger partial charge in [-0.15, -0.1) is 11.8 Å². The zero-order valence-corrected chi connectivity index (χ0v) is 17.6. The molecular formula is C23H20N2O4S. The van der Waals surface area contributed by atoms with Crippen LogP contribution in [0.15, 0.2) is 65.6 Å². The average Bonchev–Trinajstić information content (AvgIpc) is 2.71. The highest BCUT2D eigenvalue weighted by Crippen LogP contribution is 2.29. The minimum absolute atomic E-state index is 0.134. The van der Waals surface area contributed by atoms with E-state index in [9.17, 15) is 19.7 Å². The molecule has 0 radical (unpaired) electrons. The van der Waals surface area contributed by atoms with E-state index in [1.165, 1.54) is 17.8 Å². The topological polar surface area (TPSA) is 89.3 Å². The van der Waals surface area contributed by atoms with Gasteiger partial charge in [0.25, 0.3) is 11.6 Å². The molecule has 0 saturated carbocycles. The van der Waals surface area contributed by atoms with Gasteiger partial charge in [-0.25, -0.2) is 0 Å². The first-order valence-corrected chi connectivity index (χ1v) is 10.4. The number of nitrogens with one attached hydrogen (secondary N) is 1. The number of amides is 1. The fourth-order valence-corrected chi connectivity index (χ4v) is 3.80. The molecule has 7 heteroatoms. The molecule has 0 aliphatic carbocycles. The van der Waals surface area contributed by atoms with E-state index >= 15 is 0 Å². The molecule has 3 aromatic carbocycles. The Morgan fingerprint density at radius 3 is 2.17 bits per heavy atom. The van der Waals surface area contributed by atoms with Gasteiger partial charge in [0.1, 0.15) is 0 Å². The summed E-state index contributed by atoms with van der Waals surface area (Å²) >= 11 is 1.23. The monoisotopic (exact) mass is 420 g/mol. The van der Waals surface area contributed by atoms with E-state index in [1.54, 1.807) is 42.7 Å². The van der Waals surface area contributed by atoms with Gasteiger partial charge in [-0.1, -0.05) is 24.3 Å². The lowest BCUT2D eigenvalue weighted by atomic mass is 9.97. The van der Waals surface area contributed by atoms with Crippen molar-refractivity contribution in [2.45, 2.75) is 18.7 Å². The van der Waals surface area contributed by atoms with E-state index in [2.05, 4.69) is 5.32 Å². The molecule has 0 aliphatic rings. The minimum atomic E-state index is -0.513. The van der Waals surface area contributed by atoms with Crippen LogP contribution in [0.4, 0.5) is 11.4 Å². The van der Waals surface area contributed by atoms with Crippen LogP contribution in [-0.2, 0) is 0 Å². The lowest BCUT2D eigenvalue weighted by Crippen LogP contribution is -2.17. The van der Waals surface area contributed by atoms with Crippen LogP contribution in [0.3, 0.4) is 0 Å². The Hall–Kier alpha value is -3.45. The number of carbonyl (C=O) groups excluding carboxylic acids is 2. The Morgan fingerprint density at radius 1 is 0.933 bits per heavy atom. The average molecular weight is 420 g/mol. The molecule has 3 aromatic rings. The van der Waals surface area contributed by atoms with Gasteiger partial charge in [0.05, 0.1) is 15.4 Å². The number of benzene rings is 3. The van der Waals surface area contributed by atoms with Crippen molar-refractivity contribution in [2.24, 2.45) is 0 Å². The Bertz CT molecular complexity index is 1140. The molecule has 0 aliphatic heterocycles. The third-order valence-corrected chi connectivity index (χ3v) is 5.32. The Kier molecular flexibility index (Phi) is 6.32. The molecule has 0 unspecified atom stereocenters. The number of carbonyl (C=O) groups is 2. The number of nitrogens with zero attached hydrogens (tertiary/aromatic N) is 1. The van der Waals surface area contributed by atoms with Crippen LogP contribution in [-0.4, -0.2) is 22.9 Å². The van der Waals surface area contributed by atoms with E-state index in [-0.39, 0.29) is 22.4 Å². The second kappa shape index (κ2) is 8.92. The van der Waals surface area contributed by atoms with E-state index in [1.807, 2.05) is 32.0 Å². The standard InChI is InChI=1S/C23H20N2O4S/c1-14-10-15(2)12-17(11-14)24-23(27)19-7-5-4-6-18(19)22(26)16-8-9-21(30-3)20(13-16)25(28)29/h4-13H,1-3H3,(H,24,27). The number of ketones is 1. The van der Waals surface area contributed by atoms with Gasteiger partial charge in [0, 0.05) is 22.9 Å². The van der Waals surface area contributed by atoms with Gasteiger partial charge in [-0.3, -0.25) is 19.7 Å². The molecule has 6 nitrogen and oxygen atoms in total. The smallest absolute Gasteiger partial charge is 0.283 e. The number of aryl methyl sites for hydroxylation is 2. The van der Waals surface area contributed by atoms with Crippen molar-refractivity contribution in [3.05, 3.63) is 98.6 Å². The molecule has 0 bridgehead atoms. The first-order valence-electron chi connectivity index (χ1n) is 9.16.